The second-order valence-electron chi connectivity index (χ2n) is 6.01. The summed E-state index contributed by atoms with van der Waals surface area (Å²) in [5.74, 6) is 0.764. The van der Waals surface area contributed by atoms with Crippen LogP contribution >= 0.6 is 11.3 Å². The van der Waals surface area contributed by atoms with Crippen molar-refractivity contribution in [2.75, 3.05) is 25.5 Å². The third-order valence-corrected chi connectivity index (χ3v) is 5.00. The second-order valence-corrected chi connectivity index (χ2v) is 6.87. The van der Waals surface area contributed by atoms with E-state index in [2.05, 4.69) is 22.4 Å². The van der Waals surface area contributed by atoms with E-state index in [1.165, 1.54) is 16.9 Å². The molecule has 0 radical (unpaired) electrons. The Balaban J connectivity index is 1.61. The lowest BCUT2D eigenvalue weighted by Gasteiger charge is -2.19. The van der Waals surface area contributed by atoms with Gasteiger partial charge < -0.3 is 15.0 Å². The summed E-state index contributed by atoms with van der Waals surface area (Å²) in [6, 6.07) is 17.8. The van der Waals surface area contributed by atoms with Crippen molar-refractivity contribution in [1.82, 2.24) is 9.88 Å². The summed E-state index contributed by atoms with van der Waals surface area (Å²) in [4.78, 5) is 19.1. The highest BCUT2D eigenvalue weighted by molar-refractivity contribution is 7.14. The van der Waals surface area contributed by atoms with Gasteiger partial charge in [-0.05, 0) is 43.2 Å². The van der Waals surface area contributed by atoms with Crippen molar-refractivity contribution in [3.63, 3.8) is 0 Å². The molecule has 0 spiro atoms. The molecule has 0 atom stereocenters. The fraction of sp³-hybridized carbons (Fsp3) is 0.238. The summed E-state index contributed by atoms with van der Waals surface area (Å²) >= 11 is 1.42. The maximum Gasteiger partial charge on any atom is 0.273 e. The number of ether oxygens (including phenoxy) is 1. The van der Waals surface area contributed by atoms with Gasteiger partial charge in [0, 0.05) is 24.2 Å². The predicted molar refractivity (Wildman–Crippen MR) is 110 cm³/mol. The van der Waals surface area contributed by atoms with Crippen molar-refractivity contribution in [1.29, 1.82) is 0 Å². The SMILES string of the molecule is CCN(CCc1ccccc1)C(=O)c1csc(Nc2ccc(OC)cc2)n1. The van der Waals surface area contributed by atoms with Crippen LogP contribution in [0.4, 0.5) is 10.8 Å². The number of aromatic nitrogens is 1. The lowest BCUT2D eigenvalue weighted by molar-refractivity contribution is 0.0761. The molecule has 1 N–H and O–H groups in total. The largest absolute Gasteiger partial charge is 0.497 e. The van der Waals surface area contributed by atoms with Crippen LogP contribution in [-0.2, 0) is 6.42 Å². The third-order valence-electron chi connectivity index (χ3n) is 4.25. The van der Waals surface area contributed by atoms with E-state index in [1.54, 1.807) is 12.5 Å². The topological polar surface area (TPSA) is 54.5 Å². The predicted octanol–water partition coefficient (Wildman–Crippen LogP) is 4.60. The molecule has 0 bridgehead atoms. The van der Waals surface area contributed by atoms with Gasteiger partial charge in [0.15, 0.2) is 5.13 Å². The number of likely N-dealkylation sites (N-methyl/N-ethyl adjacent to an activating group) is 1. The highest BCUT2D eigenvalue weighted by atomic mass is 32.1. The molecule has 0 fully saturated rings. The van der Waals surface area contributed by atoms with Gasteiger partial charge in [-0.15, -0.1) is 11.3 Å². The van der Waals surface area contributed by atoms with Crippen LogP contribution in [-0.4, -0.2) is 36.0 Å². The summed E-state index contributed by atoms with van der Waals surface area (Å²) < 4.78 is 5.16. The average Bonchev–Trinajstić information content (AvgIpc) is 3.18. The quantitative estimate of drug-likeness (QED) is 0.620. The van der Waals surface area contributed by atoms with Gasteiger partial charge in [0.1, 0.15) is 11.4 Å². The first-order chi connectivity index (χ1) is 13.2. The number of methoxy groups -OCH3 is 1. The Bertz CT molecular complexity index is 863. The molecule has 3 aromatic rings. The van der Waals surface area contributed by atoms with E-state index in [0.29, 0.717) is 23.9 Å². The molecule has 2 aromatic carbocycles. The van der Waals surface area contributed by atoms with Crippen LogP contribution in [0.2, 0.25) is 0 Å². The molecule has 0 aliphatic rings. The van der Waals surface area contributed by atoms with Gasteiger partial charge in [-0.1, -0.05) is 30.3 Å². The Morgan fingerprint density at radius 2 is 1.89 bits per heavy atom. The number of nitrogens with zero attached hydrogens (tertiary/aromatic N) is 2. The lowest BCUT2D eigenvalue weighted by atomic mass is 10.1. The summed E-state index contributed by atoms with van der Waals surface area (Å²) in [5, 5.41) is 5.73. The lowest BCUT2D eigenvalue weighted by Crippen LogP contribution is -2.33. The van der Waals surface area contributed by atoms with Gasteiger partial charge in [0.05, 0.1) is 7.11 Å². The highest BCUT2D eigenvalue weighted by Gasteiger charge is 2.17. The Hall–Kier alpha value is -2.86. The molecule has 1 amide bonds. The number of hydrogen-bond donors (Lipinski definition) is 1. The van der Waals surface area contributed by atoms with Crippen LogP contribution < -0.4 is 10.1 Å². The van der Waals surface area contributed by atoms with Crippen LogP contribution in [0, 0.1) is 0 Å². The molecule has 0 saturated carbocycles. The molecule has 140 valence electrons. The average molecular weight is 382 g/mol. The zero-order chi connectivity index (χ0) is 19.1. The number of anilines is 2. The first kappa shape index (κ1) is 18.9. The third kappa shape index (κ3) is 5.08. The number of nitrogens with one attached hydrogen (secondary N) is 1. The highest BCUT2D eigenvalue weighted by Crippen LogP contribution is 2.23. The van der Waals surface area contributed by atoms with E-state index in [1.807, 2.05) is 54.3 Å². The van der Waals surface area contributed by atoms with Crippen LogP contribution in [0.15, 0.2) is 60.0 Å². The molecular weight excluding hydrogens is 358 g/mol. The summed E-state index contributed by atoms with van der Waals surface area (Å²) in [6.45, 7) is 3.33. The maximum absolute atomic E-state index is 12.8. The number of rotatable bonds is 8. The monoisotopic (exact) mass is 381 g/mol. The Morgan fingerprint density at radius 3 is 2.56 bits per heavy atom. The molecule has 1 heterocycles. The number of hydrogen-bond acceptors (Lipinski definition) is 5. The molecule has 6 heteroatoms. The smallest absolute Gasteiger partial charge is 0.273 e. The van der Waals surface area contributed by atoms with Crippen LogP contribution in [0.25, 0.3) is 0 Å². The van der Waals surface area contributed by atoms with Crippen molar-refractivity contribution in [2.24, 2.45) is 0 Å². The first-order valence-corrected chi connectivity index (χ1v) is 9.77. The molecule has 3 rings (SSSR count). The molecule has 1 aromatic heterocycles. The number of thiazole rings is 1. The van der Waals surface area contributed by atoms with Crippen LogP contribution in [0.5, 0.6) is 5.75 Å². The summed E-state index contributed by atoms with van der Waals surface area (Å²) in [7, 11) is 1.64. The van der Waals surface area contributed by atoms with Gasteiger partial charge in [0.2, 0.25) is 0 Å². The minimum Gasteiger partial charge on any atom is -0.497 e. The molecule has 27 heavy (non-hydrogen) atoms. The standard InChI is InChI=1S/C21H23N3O2S/c1-3-24(14-13-16-7-5-4-6-8-16)20(25)19-15-27-21(23-19)22-17-9-11-18(26-2)12-10-17/h4-12,15H,3,13-14H2,1-2H3,(H,22,23). The number of carbonyl (C=O) groups excluding carboxylic acids is 1. The van der Waals surface area contributed by atoms with Gasteiger partial charge >= 0.3 is 0 Å². The van der Waals surface area contributed by atoms with Crippen LogP contribution in [0.1, 0.15) is 23.0 Å². The molecule has 0 saturated heterocycles. The summed E-state index contributed by atoms with van der Waals surface area (Å²) in [5.41, 5.74) is 2.61. The summed E-state index contributed by atoms with van der Waals surface area (Å²) in [6.07, 6.45) is 0.835. The maximum atomic E-state index is 12.8. The van der Waals surface area contributed by atoms with E-state index in [0.717, 1.165) is 17.9 Å². The van der Waals surface area contributed by atoms with Crippen LogP contribution in [0.3, 0.4) is 0 Å². The molecule has 5 nitrogen and oxygen atoms in total. The van der Waals surface area contributed by atoms with Gasteiger partial charge in [-0.3, -0.25) is 4.79 Å². The zero-order valence-corrected chi connectivity index (χ0v) is 16.3. The molecular formula is C21H23N3O2S. The van der Waals surface area contributed by atoms with Crippen molar-refractivity contribution in [2.45, 2.75) is 13.3 Å². The first-order valence-electron chi connectivity index (χ1n) is 8.89. The minimum absolute atomic E-state index is 0.0348. The van der Waals surface area contributed by atoms with E-state index in [9.17, 15) is 4.79 Å². The van der Waals surface area contributed by atoms with Gasteiger partial charge in [0.25, 0.3) is 5.91 Å². The normalized spacial score (nSPS) is 10.4. The zero-order valence-electron chi connectivity index (χ0n) is 15.5. The van der Waals surface area contributed by atoms with Gasteiger partial charge in [-0.25, -0.2) is 4.98 Å². The van der Waals surface area contributed by atoms with E-state index in [4.69, 9.17) is 4.74 Å². The molecule has 0 aliphatic carbocycles. The number of benzene rings is 2. The van der Waals surface area contributed by atoms with Crippen molar-refractivity contribution >= 4 is 28.1 Å². The second kappa shape index (κ2) is 9.19. The van der Waals surface area contributed by atoms with Crippen molar-refractivity contribution in [3.8, 4) is 5.75 Å². The molecule has 0 unspecified atom stereocenters. The number of amides is 1. The van der Waals surface area contributed by atoms with E-state index >= 15 is 0 Å². The van der Waals surface area contributed by atoms with Crippen molar-refractivity contribution in [3.05, 3.63) is 71.2 Å². The Kier molecular flexibility index (Phi) is 6.44. The van der Waals surface area contributed by atoms with Crippen molar-refractivity contribution < 1.29 is 9.53 Å². The Morgan fingerprint density at radius 1 is 1.15 bits per heavy atom. The number of carbonyl (C=O) groups is 1. The fourth-order valence-corrected chi connectivity index (χ4v) is 3.41. The Labute approximate surface area is 163 Å². The van der Waals surface area contributed by atoms with Gasteiger partial charge in [-0.2, -0.15) is 0 Å². The van der Waals surface area contributed by atoms with E-state index < -0.39 is 0 Å². The fourth-order valence-electron chi connectivity index (χ4n) is 2.70. The minimum atomic E-state index is -0.0348. The van der Waals surface area contributed by atoms with E-state index in [-0.39, 0.29) is 5.91 Å². The molecule has 0 aliphatic heterocycles.